The fourth-order valence-corrected chi connectivity index (χ4v) is 4.98. The number of amides is 1. The van der Waals surface area contributed by atoms with Crippen molar-refractivity contribution in [1.29, 1.82) is 0 Å². The Labute approximate surface area is 160 Å². The van der Waals surface area contributed by atoms with Crippen LogP contribution in [0.15, 0.2) is 28.0 Å². The molecule has 1 aromatic carbocycles. The predicted molar refractivity (Wildman–Crippen MR) is 101 cm³/mol. The van der Waals surface area contributed by atoms with E-state index in [2.05, 4.69) is 27.6 Å². The van der Waals surface area contributed by atoms with E-state index in [-0.39, 0.29) is 11.3 Å². The highest BCUT2D eigenvalue weighted by molar-refractivity contribution is 8.01. The summed E-state index contributed by atoms with van der Waals surface area (Å²) in [6.07, 6.45) is 4.53. The summed E-state index contributed by atoms with van der Waals surface area (Å²) in [6.45, 7) is 1.84. The van der Waals surface area contributed by atoms with Crippen LogP contribution in [0.1, 0.15) is 31.2 Å². The lowest BCUT2D eigenvalue weighted by Crippen LogP contribution is -2.39. The van der Waals surface area contributed by atoms with E-state index in [0.717, 1.165) is 28.7 Å². The smallest absolute Gasteiger partial charge is 0.230 e. The molecule has 26 heavy (non-hydrogen) atoms. The third-order valence-electron chi connectivity index (χ3n) is 5.01. The summed E-state index contributed by atoms with van der Waals surface area (Å²) in [5.74, 6) is 2.03. The second kappa shape index (κ2) is 7.84. The monoisotopic (exact) mass is 391 g/mol. The van der Waals surface area contributed by atoms with Gasteiger partial charge in [0.1, 0.15) is 18.7 Å². The van der Waals surface area contributed by atoms with E-state index in [4.69, 9.17) is 9.47 Å². The van der Waals surface area contributed by atoms with Crippen LogP contribution < -0.4 is 14.8 Å². The topological polar surface area (TPSA) is 73.3 Å². The SMILES string of the molecule is O=C(CSc1nncs1)NCC1(c2ccc3c(c2)OCCO3)CCCC1. The van der Waals surface area contributed by atoms with E-state index < -0.39 is 0 Å². The maximum atomic E-state index is 12.3. The van der Waals surface area contributed by atoms with Gasteiger partial charge in [-0.3, -0.25) is 4.79 Å². The van der Waals surface area contributed by atoms with Crippen LogP contribution in [0.5, 0.6) is 11.5 Å². The van der Waals surface area contributed by atoms with E-state index in [1.54, 1.807) is 5.51 Å². The quantitative estimate of drug-likeness (QED) is 0.763. The highest BCUT2D eigenvalue weighted by atomic mass is 32.2. The van der Waals surface area contributed by atoms with E-state index >= 15 is 0 Å². The third kappa shape index (κ3) is 3.81. The molecule has 2 heterocycles. The summed E-state index contributed by atoms with van der Waals surface area (Å²) in [7, 11) is 0. The van der Waals surface area contributed by atoms with Gasteiger partial charge in [0.2, 0.25) is 5.91 Å². The molecule has 1 aliphatic heterocycles. The number of rotatable bonds is 6. The van der Waals surface area contributed by atoms with Gasteiger partial charge in [-0.25, -0.2) is 0 Å². The van der Waals surface area contributed by atoms with Crippen molar-refractivity contribution in [3.05, 3.63) is 29.3 Å². The van der Waals surface area contributed by atoms with Crippen molar-refractivity contribution in [3.8, 4) is 11.5 Å². The lowest BCUT2D eigenvalue weighted by molar-refractivity contribution is -0.118. The Morgan fingerprint density at radius 2 is 2.04 bits per heavy atom. The molecule has 0 atom stereocenters. The normalized spacial score (nSPS) is 17.8. The molecule has 1 N–H and O–H groups in total. The molecule has 0 radical (unpaired) electrons. The van der Waals surface area contributed by atoms with E-state index in [1.807, 2.05) is 6.07 Å². The van der Waals surface area contributed by atoms with Crippen molar-refractivity contribution in [3.63, 3.8) is 0 Å². The second-order valence-corrected chi connectivity index (χ2v) is 8.67. The lowest BCUT2D eigenvalue weighted by atomic mass is 9.78. The van der Waals surface area contributed by atoms with Crippen LogP contribution in [0, 0.1) is 0 Å². The maximum absolute atomic E-state index is 12.3. The number of nitrogens with one attached hydrogen (secondary N) is 1. The third-order valence-corrected chi connectivity index (χ3v) is 6.87. The van der Waals surface area contributed by atoms with Crippen LogP contribution in [-0.4, -0.2) is 41.6 Å². The number of hydrogen-bond donors (Lipinski definition) is 1. The Morgan fingerprint density at radius 3 is 2.81 bits per heavy atom. The molecule has 0 bridgehead atoms. The zero-order chi connectivity index (χ0) is 17.8. The maximum Gasteiger partial charge on any atom is 0.230 e. The Balaban J connectivity index is 1.42. The molecule has 2 aliphatic rings. The second-order valence-electron chi connectivity index (χ2n) is 6.62. The fourth-order valence-electron chi connectivity index (χ4n) is 3.66. The average Bonchev–Trinajstić information content (AvgIpc) is 3.37. The minimum Gasteiger partial charge on any atom is -0.486 e. The van der Waals surface area contributed by atoms with E-state index in [0.29, 0.717) is 25.5 Å². The van der Waals surface area contributed by atoms with Crippen LogP contribution >= 0.6 is 23.1 Å². The number of carbonyl (C=O) groups excluding carboxylic acids is 1. The van der Waals surface area contributed by atoms with Gasteiger partial charge < -0.3 is 14.8 Å². The van der Waals surface area contributed by atoms with E-state index in [1.165, 1.54) is 41.5 Å². The zero-order valence-corrected chi connectivity index (χ0v) is 16.0. The molecule has 1 aliphatic carbocycles. The molecule has 1 saturated carbocycles. The van der Waals surface area contributed by atoms with Crippen molar-refractivity contribution in [1.82, 2.24) is 15.5 Å². The van der Waals surface area contributed by atoms with Crippen LogP contribution in [-0.2, 0) is 10.2 Å². The van der Waals surface area contributed by atoms with Crippen molar-refractivity contribution < 1.29 is 14.3 Å². The Hall–Kier alpha value is -1.80. The van der Waals surface area contributed by atoms with Crippen molar-refractivity contribution >= 4 is 29.0 Å². The molecule has 4 rings (SSSR count). The molecule has 6 nitrogen and oxygen atoms in total. The molecule has 138 valence electrons. The molecular weight excluding hydrogens is 370 g/mol. The van der Waals surface area contributed by atoms with Crippen molar-refractivity contribution in [2.75, 3.05) is 25.5 Å². The summed E-state index contributed by atoms with van der Waals surface area (Å²) >= 11 is 2.88. The standard InChI is InChI=1S/C18H21N3O3S2/c22-16(10-25-17-21-20-12-26-17)19-11-18(5-1-2-6-18)13-3-4-14-15(9-13)24-8-7-23-14/h3-4,9,12H,1-2,5-8,10-11H2,(H,19,22). The molecule has 1 aromatic heterocycles. The average molecular weight is 392 g/mol. The number of benzene rings is 1. The van der Waals surface area contributed by atoms with Gasteiger partial charge >= 0.3 is 0 Å². The van der Waals surface area contributed by atoms with Crippen LogP contribution in [0.2, 0.25) is 0 Å². The molecular formula is C18H21N3O3S2. The fraction of sp³-hybridized carbons (Fsp3) is 0.500. The van der Waals surface area contributed by atoms with Gasteiger partial charge in [0.15, 0.2) is 15.8 Å². The lowest BCUT2D eigenvalue weighted by Gasteiger charge is -2.31. The summed E-state index contributed by atoms with van der Waals surface area (Å²) < 4.78 is 12.2. The van der Waals surface area contributed by atoms with Gasteiger partial charge in [0.25, 0.3) is 0 Å². The van der Waals surface area contributed by atoms with Crippen LogP contribution in [0.4, 0.5) is 0 Å². The van der Waals surface area contributed by atoms with Gasteiger partial charge in [0, 0.05) is 12.0 Å². The Kier molecular flexibility index (Phi) is 5.31. The number of hydrogen-bond acceptors (Lipinski definition) is 7. The number of nitrogens with zero attached hydrogens (tertiary/aromatic N) is 2. The number of aromatic nitrogens is 2. The van der Waals surface area contributed by atoms with Gasteiger partial charge in [-0.05, 0) is 30.5 Å². The molecule has 1 amide bonds. The van der Waals surface area contributed by atoms with Crippen molar-refractivity contribution in [2.45, 2.75) is 35.4 Å². The van der Waals surface area contributed by atoms with Gasteiger partial charge in [-0.1, -0.05) is 42.0 Å². The summed E-state index contributed by atoms with van der Waals surface area (Å²) in [5.41, 5.74) is 2.89. The largest absolute Gasteiger partial charge is 0.486 e. The minimum atomic E-state index is -0.0150. The summed E-state index contributed by atoms with van der Waals surface area (Å²) in [5, 5.41) is 10.9. The summed E-state index contributed by atoms with van der Waals surface area (Å²) in [4.78, 5) is 12.3. The van der Waals surface area contributed by atoms with Gasteiger partial charge in [-0.2, -0.15) is 0 Å². The molecule has 1 fully saturated rings. The van der Waals surface area contributed by atoms with Gasteiger partial charge in [-0.15, -0.1) is 10.2 Å². The first kappa shape index (κ1) is 17.6. The van der Waals surface area contributed by atoms with Crippen molar-refractivity contribution in [2.24, 2.45) is 0 Å². The highest BCUT2D eigenvalue weighted by Crippen LogP contribution is 2.43. The van der Waals surface area contributed by atoms with Gasteiger partial charge in [0.05, 0.1) is 5.75 Å². The number of thioether (sulfide) groups is 1. The zero-order valence-electron chi connectivity index (χ0n) is 14.4. The minimum absolute atomic E-state index is 0.0150. The molecule has 0 spiro atoms. The van der Waals surface area contributed by atoms with Crippen LogP contribution in [0.3, 0.4) is 0 Å². The first-order valence-electron chi connectivity index (χ1n) is 8.81. The Morgan fingerprint density at radius 1 is 1.23 bits per heavy atom. The van der Waals surface area contributed by atoms with E-state index in [9.17, 15) is 4.79 Å². The number of ether oxygens (including phenoxy) is 2. The molecule has 0 unspecified atom stereocenters. The summed E-state index contributed by atoms with van der Waals surface area (Å²) in [6, 6.07) is 6.22. The first-order valence-corrected chi connectivity index (χ1v) is 10.7. The molecule has 2 aromatic rings. The number of carbonyl (C=O) groups is 1. The predicted octanol–water partition coefficient (Wildman–Crippen LogP) is 3.03. The first-order chi connectivity index (χ1) is 12.8. The Bertz CT molecular complexity index is 761. The molecule has 8 heteroatoms. The molecule has 0 saturated heterocycles. The van der Waals surface area contributed by atoms with Crippen LogP contribution in [0.25, 0.3) is 0 Å². The highest BCUT2D eigenvalue weighted by Gasteiger charge is 2.36. The number of fused-ring (bicyclic) bond motifs is 1.